The number of aryl methyl sites for hydroxylation is 1. The van der Waals surface area contributed by atoms with Crippen LogP contribution < -0.4 is 4.74 Å². The number of methoxy groups -OCH3 is 1. The second-order valence-corrected chi connectivity index (χ2v) is 4.76. The highest BCUT2D eigenvalue weighted by Crippen LogP contribution is 2.27. The number of rotatable bonds is 5. The summed E-state index contributed by atoms with van der Waals surface area (Å²) in [5, 5.41) is 0. The van der Waals surface area contributed by atoms with Crippen molar-refractivity contribution in [3.8, 4) is 5.75 Å². The van der Waals surface area contributed by atoms with E-state index in [1.165, 1.54) is 12.8 Å². The first-order chi connectivity index (χ1) is 8.31. The van der Waals surface area contributed by atoms with E-state index in [0.29, 0.717) is 18.1 Å². The van der Waals surface area contributed by atoms with Crippen molar-refractivity contribution in [2.75, 3.05) is 7.11 Å². The molecule has 0 heterocycles. The van der Waals surface area contributed by atoms with Crippen LogP contribution in [-0.4, -0.2) is 12.9 Å². The maximum absolute atomic E-state index is 12.0. The molecule has 1 saturated carbocycles. The largest absolute Gasteiger partial charge is 0.496 e. The lowest BCUT2D eigenvalue weighted by molar-refractivity contribution is -0.122. The maximum atomic E-state index is 12.0. The highest BCUT2D eigenvalue weighted by atomic mass is 16.5. The zero-order chi connectivity index (χ0) is 12.1. The molecule has 1 aromatic carbocycles. The minimum absolute atomic E-state index is 0.338. The number of Topliss-reactive ketones (excluding diaryl/α,β-unsaturated/α-hetero) is 1. The van der Waals surface area contributed by atoms with Gasteiger partial charge in [-0.15, -0.1) is 0 Å². The molecule has 0 spiro atoms. The summed E-state index contributed by atoms with van der Waals surface area (Å²) in [6, 6.07) is 7.95. The van der Waals surface area contributed by atoms with Crippen LogP contribution in [0.4, 0.5) is 0 Å². The van der Waals surface area contributed by atoms with E-state index in [1.54, 1.807) is 7.11 Å². The van der Waals surface area contributed by atoms with E-state index in [1.807, 2.05) is 24.3 Å². The molecule has 0 saturated heterocycles. The Hall–Kier alpha value is -1.31. The SMILES string of the molecule is COc1ccccc1CCC(=O)C1CCCC1. The van der Waals surface area contributed by atoms with Crippen LogP contribution in [0.25, 0.3) is 0 Å². The van der Waals surface area contributed by atoms with Crippen molar-refractivity contribution in [2.24, 2.45) is 5.92 Å². The Morgan fingerprint density at radius 2 is 2.00 bits per heavy atom. The molecule has 1 fully saturated rings. The molecular formula is C15H20O2. The summed E-state index contributed by atoms with van der Waals surface area (Å²) in [6.45, 7) is 0. The summed E-state index contributed by atoms with van der Waals surface area (Å²) >= 11 is 0. The first-order valence-corrected chi connectivity index (χ1v) is 6.46. The van der Waals surface area contributed by atoms with Crippen molar-refractivity contribution in [1.29, 1.82) is 0 Å². The lowest BCUT2D eigenvalue weighted by Gasteiger charge is -2.10. The molecule has 1 aromatic rings. The Labute approximate surface area is 103 Å². The molecule has 0 radical (unpaired) electrons. The van der Waals surface area contributed by atoms with E-state index in [2.05, 4.69) is 0 Å². The molecular weight excluding hydrogens is 212 g/mol. The number of hydrogen-bond acceptors (Lipinski definition) is 2. The van der Waals surface area contributed by atoms with Crippen molar-refractivity contribution >= 4 is 5.78 Å². The average molecular weight is 232 g/mol. The number of para-hydroxylation sites is 1. The number of ether oxygens (including phenoxy) is 1. The first-order valence-electron chi connectivity index (χ1n) is 6.46. The van der Waals surface area contributed by atoms with Gasteiger partial charge in [-0.3, -0.25) is 4.79 Å². The third kappa shape index (κ3) is 3.09. The summed E-state index contributed by atoms with van der Waals surface area (Å²) in [5.41, 5.74) is 1.14. The number of carbonyl (C=O) groups excluding carboxylic acids is 1. The number of ketones is 1. The fourth-order valence-electron chi connectivity index (χ4n) is 2.62. The molecule has 2 nitrogen and oxygen atoms in total. The van der Waals surface area contributed by atoms with E-state index < -0.39 is 0 Å². The second-order valence-electron chi connectivity index (χ2n) is 4.76. The monoisotopic (exact) mass is 232 g/mol. The molecule has 0 N–H and O–H groups in total. The van der Waals surface area contributed by atoms with Crippen molar-refractivity contribution in [1.82, 2.24) is 0 Å². The number of benzene rings is 1. The number of hydrogen-bond donors (Lipinski definition) is 0. The molecule has 1 aliphatic rings. The zero-order valence-electron chi connectivity index (χ0n) is 10.4. The third-order valence-corrected chi connectivity index (χ3v) is 3.64. The Kier molecular flexibility index (Phi) is 4.18. The standard InChI is InChI=1S/C15H20O2/c1-17-15-9-5-4-8-13(15)10-11-14(16)12-6-2-3-7-12/h4-5,8-9,12H,2-3,6-7,10-11H2,1H3. The smallest absolute Gasteiger partial charge is 0.136 e. The van der Waals surface area contributed by atoms with Crippen LogP contribution in [-0.2, 0) is 11.2 Å². The highest BCUT2D eigenvalue weighted by molar-refractivity contribution is 5.81. The Morgan fingerprint density at radius 3 is 2.71 bits per heavy atom. The van der Waals surface area contributed by atoms with Crippen LogP contribution in [0.2, 0.25) is 0 Å². The normalized spacial score (nSPS) is 16.1. The van der Waals surface area contributed by atoms with Crippen LogP contribution >= 0.6 is 0 Å². The lowest BCUT2D eigenvalue weighted by Crippen LogP contribution is -2.11. The van der Waals surface area contributed by atoms with Gasteiger partial charge >= 0.3 is 0 Å². The predicted molar refractivity (Wildman–Crippen MR) is 68.3 cm³/mol. The fourth-order valence-corrected chi connectivity index (χ4v) is 2.62. The van der Waals surface area contributed by atoms with Crippen LogP contribution in [0.5, 0.6) is 5.75 Å². The van der Waals surface area contributed by atoms with Crippen molar-refractivity contribution in [2.45, 2.75) is 38.5 Å². The minimum atomic E-state index is 0.338. The van der Waals surface area contributed by atoms with Gasteiger partial charge in [-0.2, -0.15) is 0 Å². The fraction of sp³-hybridized carbons (Fsp3) is 0.533. The quantitative estimate of drug-likeness (QED) is 0.778. The zero-order valence-corrected chi connectivity index (χ0v) is 10.4. The van der Waals surface area contributed by atoms with Crippen molar-refractivity contribution in [3.63, 3.8) is 0 Å². The van der Waals surface area contributed by atoms with Gasteiger partial charge in [-0.25, -0.2) is 0 Å². The van der Waals surface area contributed by atoms with Gasteiger partial charge in [0.05, 0.1) is 7.11 Å². The van der Waals surface area contributed by atoms with Crippen LogP contribution in [0.1, 0.15) is 37.7 Å². The molecule has 0 atom stereocenters. The van der Waals surface area contributed by atoms with Crippen molar-refractivity contribution in [3.05, 3.63) is 29.8 Å². The van der Waals surface area contributed by atoms with Crippen LogP contribution in [0.15, 0.2) is 24.3 Å². The second kappa shape index (κ2) is 5.85. The molecule has 0 unspecified atom stereocenters. The summed E-state index contributed by atoms with van der Waals surface area (Å²) in [7, 11) is 1.68. The van der Waals surface area contributed by atoms with E-state index in [4.69, 9.17) is 4.74 Å². The van der Waals surface area contributed by atoms with Crippen LogP contribution in [0.3, 0.4) is 0 Å². The van der Waals surface area contributed by atoms with Gasteiger partial charge in [-0.05, 0) is 30.9 Å². The maximum Gasteiger partial charge on any atom is 0.136 e. The number of carbonyl (C=O) groups is 1. The van der Waals surface area contributed by atoms with Crippen molar-refractivity contribution < 1.29 is 9.53 Å². The molecule has 0 amide bonds. The minimum Gasteiger partial charge on any atom is -0.496 e. The van der Waals surface area contributed by atoms with Gasteiger partial charge in [0.15, 0.2) is 0 Å². The van der Waals surface area contributed by atoms with Gasteiger partial charge in [0.1, 0.15) is 11.5 Å². The summed E-state index contributed by atoms with van der Waals surface area (Å²) in [5.74, 6) is 1.67. The average Bonchev–Trinajstić information content (AvgIpc) is 2.90. The molecule has 17 heavy (non-hydrogen) atoms. The van der Waals surface area contributed by atoms with Crippen LogP contribution in [0, 0.1) is 5.92 Å². The molecule has 92 valence electrons. The molecule has 1 aliphatic carbocycles. The van der Waals surface area contributed by atoms with Gasteiger partial charge in [-0.1, -0.05) is 31.0 Å². The van der Waals surface area contributed by atoms with E-state index in [9.17, 15) is 4.79 Å². The lowest BCUT2D eigenvalue weighted by atomic mass is 9.96. The Balaban J connectivity index is 1.90. The van der Waals surface area contributed by atoms with E-state index in [0.717, 1.165) is 30.6 Å². The van der Waals surface area contributed by atoms with E-state index in [-0.39, 0.29) is 0 Å². The summed E-state index contributed by atoms with van der Waals surface area (Å²) in [6.07, 6.45) is 6.12. The molecule has 2 rings (SSSR count). The topological polar surface area (TPSA) is 26.3 Å². The molecule has 0 bridgehead atoms. The summed E-state index contributed by atoms with van der Waals surface area (Å²) < 4.78 is 5.29. The molecule has 0 aromatic heterocycles. The van der Waals surface area contributed by atoms with Gasteiger partial charge in [0, 0.05) is 12.3 Å². The Bertz CT molecular complexity index is 378. The molecule has 0 aliphatic heterocycles. The Morgan fingerprint density at radius 1 is 1.29 bits per heavy atom. The third-order valence-electron chi connectivity index (χ3n) is 3.64. The van der Waals surface area contributed by atoms with E-state index >= 15 is 0 Å². The van der Waals surface area contributed by atoms with Gasteiger partial charge < -0.3 is 4.74 Å². The van der Waals surface area contributed by atoms with Gasteiger partial charge in [0.2, 0.25) is 0 Å². The van der Waals surface area contributed by atoms with Gasteiger partial charge in [0.25, 0.3) is 0 Å². The first kappa shape index (κ1) is 12.2. The highest BCUT2D eigenvalue weighted by Gasteiger charge is 2.22. The predicted octanol–water partition coefficient (Wildman–Crippen LogP) is 3.39. The summed E-state index contributed by atoms with van der Waals surface area (Å²) in [4.78, 5) is 12.0. The molecule has 2 heteroatoms.